The maximum atomic E-state index is 12.3. The summed E-state index contributed by atoms with van der Waals surface area (Å²) in [6.45, 7) is 5.34. The summed E-state index contributed by atoms with van der Waals surface area (Å²) in [5.74, 6) is -0.0900. The van der Waals surface area contributed by atoms with Gasteiger partial charge in [-0.3, -0.25) is 14.5 Å². The van der Waals surface area contributed by atoms with E-state index in [0.29, 0.717) is 26.1 Å². The third-order valence-electron chi connectivity index (χ3n) is 4.50. The predicted octanol–water partition coefficient (Wildman–Crippen LogP) is 0.380. The van der Waals surface area contributed by atoms with Crippen LogP contribution in [0.3, 0.4) is 0 Å². The number of ketones is 2. The van der Waals surface area contributed by atoms with E-state index >= 15 is 0 Å². The molecule has 16 heavy (non-hydrogen) atoms. The van der Waals surface area contributed by atoms with E-state index in [2.05, 4.69) is 11.0 Å². The molecule has 4 fully saturated rings. The lowest BCUT2D eigenvalue weighted by molar-refractivity contribution is -0.181. The fraction of sp³-hybridized carbons (Fsp3) is 0.750. The molecule has 0 spiro atoms. The molecule has 4 atom stereocenters. The molecule has 0 N–H and O–H groups in total. The molecule has 0 aromatic heterocycles. The minimum absolute atomic E-state index is 0.0480. The van der Waals surface area contributed by atoms with E-state index in [1.54, 1.807) is 6.92 Å². The molecular weight excluding hydrogens is 204 g/mol. The normalized spacial score (nSPS) is 54.2. The van der Waals surface area contributed by atoms with Crippen LogP contribution < -0.4 is 0 Å². The second-order valence-corrected chi connectivity index (χ2v) is 6.07. The van der Waals surface area contributed by atoms with Crippen molar-refractivity contribution in [2.24, 2.45) is 16.2 Å². The molecule has 1 saturated carbocycles. The molecule has 0 aromatic rings. The van der Waals surface area contributed by atoms with Crippen molar-refractivity contribution in [1.29, 1.82) is 5.26 Å². The van der Waals surface area contributed by atoms with Gasteiger partial charge in [0.05, 0.1) is 11.5 Å². The summed E-state index contributed by atoms with van der Waals surface area (Å²) in [5, 5.41) is 9.31. The summed E-state index contributed by atoms with van der Waals surface area (Å²) in [5.41, 5.74) is -2.35. The van der Waals surface area contributed by atoms with Gasteiger partial charge in [0.25, 0.3) is 0 Å². The van der Waals surface area contributed by atoms with Gasteiger partial charge >= 0.3 is 0 Å². The molecule has 4 heteroatoms. The van der Waals surface area contributed by atoms with Crippen LogP contribution in [-0.4, -0.2) is 36.1 Å². The summed E-state index contributed by atoms with van der Waals surface area (Å²) < 4.78 is 0. The van der Waals surface area contributed by atoms with E-state index in [1.165, 1.54) is 0 Å². The van der Waals surface area contributed by atoms with Gasteiger partial charge in [0.2, 0.25) is 0 Å². The van der Waals surface area contributed by atoms with Gasteiger partial charge in [-0.1, -0.05) is 6.92 Å². The number of carbonyl (C=O) groups excluding carboxylic acids is 2. The molecule has 4 rings (SSSR count). The standard InChI is InChI=1S/C12H14N2O2/c1-10-3-12(4-13)7-14(5-10)6-11(2,8(10)15)9(12)16/h3,5-7H2,1-2H3. The Hall–Kier alpha value is -1.21. The van der Waals surface area contributed by atoms with E-state index in [4.69, 9.17) is 0 Å². The Morgan fingerprint density at radius 1 is 1.19 bits per heavy atom. The SMILES string of the molecule is CC12CN3CC(C#N)(C1)C(=O)C(C)(C3)C2=O. The van der Waals surface area contributed by atoms with Gasteiger partial charge in [0.1, 0.15) is 5.41 Å². The monoisotopic (exact) mass is 218 g/mol. The van der Waals surface area contributed by atoms with Gasteiger partial charge in [-0.25, -0.2) is 0 Å². The molecule has 1 aliphatic carbocycles. The zero-order chi connectivity index (χ0) is 11.8. The minimum Gasteiger partial charge on any atom is -0.299 e. The van der Waals surface area contributed by atoms with Gasteiger partial charge < -0.3 is 0 Å². The highest BCUT2D eigenvalue weighted by molar-refractivity contribution is 6.16. The Labute approximate surface area is 94.2 Å². The number of nitrogens with zero attached hydrogens (tertiary/aromatic N) is 2. The van der Waals surface area contributed by atoms with Crippen LogP contribution in [0.5, 0.6) is 0 Å². The number of carbonyl (C=O) groups is 2. The van der Waals surface area contributed by atoms with Gasteiger partial charge in [-0.05, 0) is 13.3 Å². The van der Waals surface area contributed by atoms with Crippen LogP contribution in [0.25, 0.3) is 0 Å². The lowest BCUT2D eigenvalue weighted by Gasteiger charge is -2.61. The second kappa shape index (κ2) is 2.38. The van der Waals surface area contributed by atoms with Crippen molar-refractivity contribution in [2.75, 3.05) is 19.6 Å². The Balaban J connectivity index is 2.23. The highest BCUT2D eigenvalue weighted by atomic mass is 16.2. The zero-order valence-electron chi connectivity index (χ0n) is 9.54. The number of hydrogen-bond acceptors (Lipinski definition) is 4. The van der Waals surface area contributed by atoms with Crippen LogP contribution in [0, 0.1) is 27.6 Å². The second-order valence-electron chi connectivity index (χ2n) is 6.07. The first kappa shape index (κ1) is 9.98. The van der Waals surface area contributed by atoms with Crippen molar-refractivity contribution in [1.82, 2.24) is 4.90 Å². The highest BCUT2D eigenvalue weighted by Crippen LogP contribution is 2.57. The van der Waals surface area contributed by atoms with E-state index < -0.39 is 16.2 Å². The number of Topliss-reactive ketones (excluding diaryl/α,β-unsaturated/α-hetero) is 2. The average molecular weight is 218 g/mol. The van der Waals surface area contributed by atoms with Crippen molar-refractivity contribution in [3.63, 3.8) is 0 Å². The molecule has 3 saturated heterocycles. The summed E-state index contributed by atoms with van der Waals surface area (Å²) in [6.07, 6.45) is 0.417. The van der Waals surface area contributed by atoms with E-state index in [-0.39, 0.29) is 11.6 Å². The van der Waals surface area contributed by atoms with Crippen LogP contribution in [0.2, 0.25) is 0 Å². The first-order valence-corrected chi connectivity index (χ1v) is 5.60. The highest BCUT2D eigenvalue weighted by Gasteiger charge is 2.70. The quantitative estimate of drug-likeness (QED) is 0.551. The van der Waals surface area contributed by atoms with Gasteiger partial charge in [0.15, 0.2) is 11.6 Å². The van der Waals surface area contributed by atoms with E-state index in [9.17, 15) is 14.9 Å². The third-order valence-corrected chi connectivity index (χ3v) is 4.50. The Morgan fingerprint density at radius 2 is 1.88 bits per heavy atom. The molecule has 4 nitrogen and oxygen atoms in total. The average Bonchev–Trinajstić information content (AvgIpc) is 2.22. The van der Waals surface area contributed by atoms with Crippen molar-refractivity contribution < 1.29 is 9.59 Å². The maximum Gasteiger partial charge on any atom is 0.168 e. The fourth-order valence-corrected chi connectivity index (χ4v) is 4.14. The van der Waals surface area contributed by atoms with Gasteiger partial charge in [-0.15, -0.1) is 0 Å². The summed E-state index contributed by atoms with van der Waals surface area (Å²) in [4.78, 5) is 26.8. The first-order chi connectivity index (χ1) is 7.36. The smallest absolute Gasteiger partial charge is 0.168 e. The Kier molecular flexibility index (Phi) is 1.48. The molecule has 0 aromatic carbocycles. The molecule has 0 radical (unpaired) electrons. The fourth-order valence-electron chi connectivity index (χ4n) is 4.14. The molecule has 3 aliphatic heterocycles. The number of nitriles is 1. The molecule has 3 heterocycles. The summed E-state index contributed by atoms with van der Waals surface area (Å²) in [7, 11) is 0. The van der Waals surface area contributed by atoms with Crippen LogP contribution >= 0.6 is 0 Å². The van der Waals surface area contributed by atoms with Gasteiger partial charge in [0, 0.05) is 25.0 Å². The van der Waals surface area contributed by atoms with Crippen LogP contribution in [0.1, 0.15) is 20.3 Å². The Morgan fingerprint density at radius 3 is 2.50 bits per heavy atom. The minimum atomic E-state index is -0.931. The lowest BCUT2D eigenvalue weighted by atomic mass is 9.47. The lowest BCUT2D eigenvalue weighted by Crippen LogP contribution is -2.75. The molecule has 84 valence electrons. The number of piperidine rings is 3. The zero-order valence-corrected chi connectivity index (χ0v) is 9.54. The third kappa shape index (κ3) is 0.812. The summed E-state index contributed by atoms with van der Waals surface area (Å²) in [6, 6.07) is 2.19. The topological polar surface area (TPSA) is 61.2 Å². The summed E-state index contributed by atoms with van der Waals surface area (Å²) >= 11 is 0. The molecule has 0 amide bonds. The largest absolute Gasteiger partial charge is 0.299 e. The predicted molar refractivity (Wildman–Crippen MR) is 55.3 cm³/mol. The van der Waals surface area contributed by atoms with Crippen molar-refractivity contribution in [2.45, 2.75) is 20.3 Å². The Bertz CT molecular complexity index is 466. The van der Waals surface area contributed by atoms with Gasteiger partial charge in [-0.2, -0.15) is 5.26 Å². The molecule has 4 bridgehead atoms. The van der Waals surface area contributed by atoms with Crippen molar-refractivity contribution >= 4 is 11.6 Å². The van der Waals surface area contributed by atoms with Crippen molar-refractivity contribution in [3.05, 3.63) is 0 Å². The van der Waals surface area contributed by atoms with Crippen molar-refractivity contribution in [3.8, 4) is 6.07 Å². The van der Waals surface area contributed by atoms with Crippen LogP contribution in [-0.2, 0) is 9.59 Å². The van der Waals surface area contributed by atoms with E-state index in [0.717, 1.165) is 0 Å². The number of rotatable bonds is 0. The van der Waals surface area contributed by atoms with E-state index in [1.807, 2.05) is 6.92 Å². The first-order valence-electron chi connectivity index (χ1n) is 5.60. The maximum absolute atomic E-state index is 12.3. The van der Waals surface area contributed by atoms with Crippen LogP contribution in [0.15, 0.2) is 0 Å². The number of hydrogen-bond donors (Lipinski definition) is 0. The molecule has 4 unspecified atom stereocenters. The molecular formula is C12H14N2O2. The van der Waals surface area contributed by atoms with Crippen LogP contribution in [0.4, 0.5) is 0 Å². The molecule has 4 aliphatic rings.